The highest BCUT2D eigenvalue weighted by Crippen LogP contribution is 2.34. The molecule has 4 unspecified atom stereocenters. The summed E-state index contributed by atoms with van der Waals surface area (Å²) in [5.74, 6) is 0. The van der Waals surface area contributed by atoms with Crippen molar-refractivity contribution in [3.8, 4) is 0 Å². The van der Waals surface area contributed by atoms with Crippen molar-refractivity contribution in [1.29, 1.82) is 0 Å². The molecule has 0 spiro atoms. The van der Waals surface area contributed by atoms with Gasteiger partial charge in [-0.15, -0.1) is 0 Å². The lowest BCUT2D eigenvalue weighted by Gasteiger charge is -2.26. The van der Waals surface area contributed by atoms with Crippen LogP contribution < -0.4 is 10.6 Å². The molecule has 0 radical (unpaired) electrons. The molecule has 3 heterocycles. The fourth-order valence-corrected chi connectivity index (χ4v) is 4.56. The number of ether oxygens (including phenoxy) is 1. The number of hydrogen-bond acceptors (Lipinski definition) is 3. The van der Waals surface area contributed by atoms with E-state index in [4.69, 9.17) is 4.74 Å². The van der Waals surface area contributed by atoms with Gasteiger partial charge in [-0.05, 0) is 50.6 Å². The molecule has 0 saturated carbocycles. The van der Waals surface area contributed by atoms with Gasteiger partial charge in [-0.2, -0.15) is 0 Å². The van der Waals surface area contributed by atoms with Gasteiger partial charge in [0, 0.05) is 19.1 Å². The van der Waals surface area contributed by atoms with Gasteiger partial charge in [0.2, 0.25) is 0 Å². The summed E-state index contributed by atoms with van der Waals surface area (Å²) < 4.78 is 5.80. The van der Waals surface area contributed by atoms with Gasteiger partial charge in [0.1, 0.15) is 0 Å². The zero-order chi connectivity index (χ0) is 17.1. The molecule has 1 aromatic rings. The number of carbonyl (C=O) groups is 1. The number of hydrogen-bond donors (Lipinski definition) is 2. The van der Waals surface area contributed by atoms with E-state index < -0.39 is 0 Å². The molecule has 1 aromatic carbocycles. The Hall–Kier alpha value is -1.59. The summed E-state index contributed by atoms with van der Waals surface area (Å²) in [5, 5.41) is 6.21. The summed E-state index contributed by atoms with van der Waals surface area (Å²) in [6.45, 7) is 2.95. The van der Waals surface area contributed by atoms with Crippen LogP contribution >= 0.6 is 0 Å². The Morgan fingerprint density at radius 2 is 2.08 bits per heavy atom. The van der Waals surface area contributed by atoms with Gasteiger partial charge in [-0.25, -0.2) is 4.79 Å². The number of carbonyl (C=O) groups excluding carboxylic acids is 1. The Balaban J connectivity index is 1.19. The standard InChI is InChI=1S/C20H29N3O2/c24-20(22-18-13-17-8-9-19(18)25-17)21-14-16-7-4-11-23(16)12-10-15-5-2-1-3-6-15/h1-3,5-6,16-19H,4,7-14H2,(H2,21,22,24). The van der Waals surface area contributed by atoms with Crippen molar-refractivity contribution in [2.45, 2.75) is 62.8 Å². The van der Waals surface area contributed by atoms with Gasteiger partial charge in [0.15, 0.2) is 0 Å². The van der Waals surface area contributed by atoms with E-state index in [0.717, 1.165) is 45.3 Å². The lowest BCUT2D eigenvalue weighted by molar-refractivity contribution is 0.0980. The van der Waals surface area contributed by atoms with E-state index in [1.54, 1.807) is 0 Å². The van der Waals surface area contributed by atoms with Gasteiger partial charge >= 0.3 is 6.03 Å². The van der Waals surface area contributed by atoms with Gasteiger partial charge in [-0.1, -0.05) is 30.3 Å². The van der Waals surface area contributed by atoms with Crippen LogP contribution in [0.5, 0.6) is 0 Å². The predicted octanol–water partition coefficient (Wildman–Crippen LogP) is 2.31. The third-order valence-corrected chi connectivity index (χ3v) is 5.95. The normalized spacial score (nSPS) is 31.4. The monoisotopic (exact) mass is 343 g/mol. The van der Waals surface area contributed by atoms with Gasteiger partial charge in [0.25, 0.3) is 0 Å². The van der Waals surface area contributed by atoms with E-state index in [2.05, 4.69) is 45.9 Å². The molecule has 3 aliphatic heterocycles. The molecule has 2 N–H and O–H groups in total. The van der Waals surface area contributed by atoms with Crippen LogP contribution in [0.3, 0.4) is 0 Å². The minimum absolute atomic E-state index is 0.0314. The zero-order valence-corrected chi connectivity index (χ0v) is 14.8. The zero-order valence-electron chi connectivity index (χ0n) is 14.8. The first-order valence-corrected chi connectivity index (χ1v) is 9.76. The maximum Gasteiger partial charge on any atom is 0.315 e. The fourth-order valence-electron chi connectivity index (χ4n) is 4.56. The molecule has 3 saturated heterocycles. The molecule has 0 aliphatic carbocycles. The average molecular weight is 343 g/mol. The molecule has 2 bridgehead atoms. The van der Waals surface area contributed by atoms with E-state index in [9.17, 15) is 4.79 Å². The number of nitrogens with one attached hydrogen (secondary N) is 2. The molecule has 3 aliphatic rings. The number of benzene rings is 1. The number of rotatable bonds is 6. The maximum atomic E-state index is 12.2. The topological polar surface area (TPSA) is 53.6 Å². The van der Waals surface area contributed by atoms with Crippen molar-refractivity contribution < 1.29 is 9.53 Å². The van der Waals surface area contributed by atoms with Gasteiger partial charge in [-0.3, -0.25) is 4.90 Å². The third-order valence-electron chi connectivity index (χ3n) is 5.95. The van der Waals surface area contributed by atoms with Gasteiger partial charge in [0.05, 0.1) is 18.2 Å². The molecule has 3 fully saturated rings. The van der Waals surface area contributed by atoms with E-state index in [1.807, 2.05) is 0 Å². The first kappa shape index (κ1) is 16.9. The number of likely N-dealkylation sites (tertiary alicyclic amines) is 1. The van der Waals surface area contributed by atoms with Crippen LogP contribution in [0.25, 0.3) is 0 Å². The Labute approximate surface area is 150 Å². The second-order valence-electron chi connectivity index (χ2n) is 7.64. The highest BCUT2D eigenvalue weighted by molar-refractivity contribution is 5.74. The van der Waals surface area contributed by atoms with Crippen molar-refractivity contribution in [1.82, 2.24) is 15.5 Å². The maximum absolute atomic E-state index is 12.2. The minimum atomic E-state index is -0.0314. The third kappa shape index (κ3) is 4.15. The van der Waals surface area contributed by atoms with Crippen LogP contribution in [0.15, 0.2) is 30.3 Å². The number of fused-ring (bicyclic) bond motifs is 2. The summed E-state index contributed by atoms with van der Waals surface area (Å²) >= 11 is 0. The molecule has 136 valence electrons. The first-order chi connectivity index (χ1) is 12.3. The minimum Gasteiger partial charge on any atom is -0.373 e. The molecular weight excluding hydrogens is 314 g/mol. The van der Waals surface area contributed by atoms with E-state index in [-0.39, 0.29) is 18.2 Å². The summed E-state index contributed by atoms with van der Waals surface area (Å²) in [6.07, 6.45) is 7.31. The second-order valence-corrected chi connectivity index (χ2v) is 7.64. The lowest BCUT2D eigenvalue weighted by atomic mass is 9.96. The largest absolute Gasteiger partial charge is 0.373 e. The molecule has 5 nitrogen and oxygen atoms in total. The van der Waals surface area contributed by atoms with Crippen molar-refractivity contribution in [3.05, 3.63) is 35.9 Å². The average Bonchev–Trinajstić information content (AvgIpc) is 3.36. The molecule has 25 heavy (non-hydrogen) atoms. The SMILES string of the molecule is O=C(NCC1CCCN1CCc1ccccc1)NC1CC2CCC1O2. The Kier molecular flexibility index (Phi) is 5.22. The van der Waals surface area contributed by atoms with Gasteiger partial charge < -0.3 is 15.4 Å². The molecular formula is C20H29N3O2. The summed E-state index contributed by atoms with van der Waals surface area (Å²) in [4.78, 5) is 14.7. The molecule has 5 heteroatoms. The lowest BCUT2D eigenvalue weighted by Crippen LogP contribution is -2.49. The Morgan fingerprint density at radius 3 is 2.84 bits per heavy atom. The van der Waals surface area contributed by atoms with E-state index >= 15 is 0 Å². The molecule has 2 amide bonds. The fraction of sp³-hybridized carbons (Fsp3) is 0.650. The van der Waals surface area contributed by atoms with Crippen molar-refractivity contribution in [2.75, 3.05) is 19.6 Å². The van der Waals surface area contributed by atoms with Crippen LogP contribution in [0, 0.1) is 0 Å². The second kappa shape index (κ2) is 7.75. The predicted molar refractivity (Wildman–Crippen MR) is 97.6 cm³/mol. The quantitative estimate of drug-likeness (QED) is 0.833. The van der Waals surface area contributed by atoms with E-state index in [0.29, 0.717) is 12.1 Å². The summed E-state index contributed by atoms with van der Waals surface area (Å²) in [6, 6.07) is 11.3. The Morgan fingerprint density at radius 1 is 1.20 bits per heavy atom. The Bertz CT molecular complexity index is 580. The number of nitrogens with zero attached hydrogens (tertiary/aromatic N) is 1. The number of urea groups is 1. The van der Waals surface area contributed by atoms with E-state index in [1.165, 1.54) is 18.4 Å². The van der Waals surface area contributed by atoms with Crippen LogP contribution in [-0.4, -0.2) is 54.9 Å². The first-order valence-electron chi connectivity index (χ1n) is 9.76. The van der Waals surface area contributed by atoms with Crippen LogP contribution in [-0.2, 0) is 11.2 Å². The van der Waals surface area contributed by atoms with Crippen molar-refractivity contribution >= 4 is 6.03 Å². The van der Waals surface area contributed by atoms with Crippen LogP contribution in [0.4, 0.5) is 4.79 Å². The van der Waals surface area contributed by atoms with Crippen molar-refractivity contribution in [2.24, 2.45) is 0 Å². The summed E-state index contributed by atoms with van der Waals surface area (Å²) in [5.41, 5.74) is 1.38. The highest BCUT2D eigenvalue weighted by Gasteiger charge is 2.41. The van der Waals surface area contributed by atoms with Crippen LogP contribution in [0.1, 0.15) is 37.7 Å². The molecule has 4 rings (SSSR count). The van der Waals surface area contributed by atoms with Crippen LogP contribution in [0.2, 0.25) is 0 Å². The van der Waals surface area contributed by atoms with Crippen molar-refractivity contribution in [3.63, 3.8) is 0 Å². The number of amides is 2. The molecule has 4 atom stereocenters. The molecule has 0 aromatic heterocycles. The smallest absolute Gasteiger partial charge is 0.315 e. The highest BCUT2D eigenvalue weighted by atomic mass is 16.5. The summed E-state index contributed by atoms with van der Waals surface area (Å²) in [7, 11) is 0.